The van der Waals surface area contributed by atoms with Crippen molar-refractivity contribution in [2.45, 2.75) is 32.2 Å². The maximum absolute atomic E-state index is 11.2. The second-order valence-corrected chi connectivity index (χ2v) is 5.11. The average Bonchev–Trinajstić information content (AvgIpc) is 2.81. The number of ether oxygens (including phenoxy) is 1. The van der Waals surface area contributed by atoms with Gasteiger partial charge in [0.05, 0.1) is 11.0 Å². The molecule has 0 radical (unpaired) electrons. The Morgan fingerprint density at radius 3 is 2.80 bits per heavy atom. The second kappa shape index (κ2) is 7.26. The topological polar surface area (TPSA) is 69.9 Å². The lowest BCUT2D eigenvalue weighted by molar-refractivity contribution is 0.192. The molecule has 0 aliphatic carbocycles. The molecule has 2 rings (SSSR count). The monoisotopic (exact) mass is 277 g/mol. The number of fused-ring (bicyclic) bond motifs is 1. The zero-order valence-electron chi connectivity index (χ0n) is 12.2. The molecule has 0 spiro atoms. The first kappa shape index (κ1) is 14.8. The van der Waals surface area contributed by atoms with Gasteiger partial charge in [-0.05, 0) is 50.4 Å². The smallest absolute Gasteiger partial charge is 0.323 e. The molecule has 0 fully saturated rings. The average molecular weight is 277 g/mol. The number of aromatic nitrogens is 2. The van der Waals surface area contributed by atoms with Gasteiger partial charge in [-0.25, -0.2) is 4.79 Å². The maximum Gasteiger partial charge on any atom is 0.323 e. The third-order valence-electron chi connectivity index (χ3n) is 3.52. The Balaban J connectivity index is 1.84. The molecular formula is C15H23N3O2. The summed E-state index contributed by atoms with van der Waals surface area (Å²) in [6.07, 6.45) is 3.44. The number of nitrogens with one attached hydrogen (secondary N) is 3. The highest BCUT2D eigenvalue weighted by molar-refractivity contribution is 5.75. The minimum atomic E-state index is -0.157. The van der Waals surface area contributed by atoms with E-state index < -0.39 is 0 Å². The third kappa shape index (κ3) is 3.95. The van der Waals surface area contributed by atoms with E-state index in [0.717, 1.165) is 37.0 Å². The van der Waals surface area contributed by atoms with E-state index in [9.17, 15) is 4.79 Å². The first-order valence-electron chi connectivity index (χ1n) is 7.15. The molecule has 1 unspecified atom stereocenters. The summed E-state index contributed by atoms with van der Waals surface area (Å²) >= 11 is 0. The molecule has 20 heavy (non-hydrogen) atoms. The number of hydrogen-bond acceptors (Lipinski definition) is 3. The van der Waals surface area contributed by atoms with Crippen LogP contribution in [0.1, 0.15) is 37.8 Å². The molecule has 0 amide bonds. The summed E-state index contributed by atoms with van der Waals surface area (Å²) in [7, 11) is 1.74. The Morgan fingerprint density at radius 2 is 2.00 bits per heavy atom. The molecule has 1 atom stereocenters. The molecule has 1 heterocycles. The van der Waals surface area contributed by atoms with Crippen molar-refractivity contribution in [3.8, 4) is 0 Å². The van der Waals surface area contributed by atoms with E-state index in [1.165, 1.54) is 12.0 Å². The minimum Gasteiger partial charge on any atom is -0.385 e. The van der Waals surface area contributed by atoms with Crippen molar-refractivity contribution in [3.63, 3.8) is 0 Å². The Hall–Kier alpha value is -1.59. The first-order chi connectivity index (χ1) is 9.70. The van der Waals surface area contributed by atoms with Crippen LogP contribution in [0.5, 0.6) is 0 Å². The number of methoxy groups -OCH3 is 1. The van der Waals surface area contributed by atoms with E-state index in [1.54, 1.807) is 7.11 Å². The van der Waals surface area contributed by atoms with Gasteiger partial charge in [0, 0.05) is 19.8 Å². The van der Waals surface area contributed by atoms with Crippen molar-refractivity contribution >= 4 is 11.0 Å². The number of unbranched alkanes of at least 4 members (excludes halogenated alkanes) is 2. The Bertz CT molecular complexity index is 588. The lowest BCUT2D eigenvalue weighted by Crippen LogP contribution is -2.19. The third-order valence-corrected chi connectivity index (χ3v) is 3.52. The predicted octanol–water partition coefficient (Wildman–Crippen LogP) is 2.32. The fourth-order valence-electron chi connectivity index (χ4n) is 2.30. The van der Waals surface area contributed by atoms with E-state index in [0.29, 0.717) is 0 Å². The molecule has 5 nitrogen and oxygen atoms in total. The summed E-state index contributed by atoms with van der Waals surface area (Å²) < 4.78 is 5.03. The Kier molecular flexibility index (Phi) is 5.38. The number of imidazole rings is 1. The molecule has 110 valence electrons. The zero-order chi connectivity index (χ0) is 14.4. The molecule has 0 aliphatic heterocycles. The summed E-state index contributed by atoms with van der Waals surface area (Å²) in [6, 6.07) is 6.30. The van der Waals surface area contributed by atoms with Gasteiger partial charge in [-0.15, -0.1) is 0 Å². The summed E-state index contributed by atoms with van der Waals surface area (Å²) in [4.78, 5) is 16.8. The summed E-state index contributed by atoms with van der Waals surface area (Å²) in [5.41, 5.74) is 2.74. The standard InChI is InChI=1S/C15H23N3O2/c1-11(16-8-4-3-5-9-20-2)12-6-7-13-14(10-12)18-15(19)17-13/h6-7,10-11,16H,3-5,8-9H2,1-2H3,(H2,17,18,19). The van der Waals surface area contributed by atoms with Crippen molar-refractivity contribution in [1.82, 2.24) is 15.3 Å². The van der Waals surface area contributed by atoms with Crippen molar-refractivity contribution in [1.29, 1.82) is 0 Å². The van der Waals surface area contributed by atoms with Crippen molar-refractivity contribution in [2.24, 2.45) is 0 Å². The van der Waals surface area contributed by atoms with Crippen LogP contribution in [-0.4, -0.2) is 30.2 Å². The van der Waals surface area contributed by atoms with E-state index in [-0.39, 0.29) is 11.7 Å². The van der Waals surface area contributed by atoms with Crippen LogP contribution in [0.15, 0.2) is 23.0 Å². The maximum atomic E-state index is 11.2. The minimum absolute atomic E-state index is 0.157. The van der Waals surface area contributed by atoms with E-state index in [4.69, 9.17) is 4.74 Å². The highest BCUT2D eigenvalue weighted by Gasteiger charge is 2.06. The van der Waals surface area contributed by atoms with Crippen LogP contribution in [-0.2, 0) is 4.74 Å². The summed E-state index contributed by atoms with van der Waals surface area (Å²) in [5.74, 6) is 0. The Morgan fingerprint density at radius 1 is 1.20 bits per heavy atom. The van der Waals surface area contributed by atoms with Crippen LogP contribution < -0.4 is 11.0 Å². The SMILES string of the molecule is COCCCCCNC(C)c1ccc2[nH]c(=O)[nH]c2c1. The van der Waals surface area contributed by atoms with Crippen LogP contribution in [0, 0.1) is 0 Å². The number of benzene rings is 1. The van der Waals surface area contributed by atoms with Gasteiger partial charge in [-0.2, -0.15) is 0 Å². The molecule has 3 N–H and O–H groups in total. The fourth-order valence-corrected chi connectivity index (χ4v) is 2.30. The largest absolute Gasteiger partial charge is 0.385 e. The van der Waals surface area contributed by atoms with Gasteiger partial charge < -0.3 is 20.0 Å². The van der Waals surface area contributed by atoms with E-state index >= 15 is 0 Å². The van der Waals surface area contributed by atoms with Gasteiger partial charge in [0.15, 0.2) is 0 Å². The molecule has 5 heteroatoms. The molecule has 1 aromatic carbocycles. The quantitative estimate of drug-likeness (QED) is 0.649. The molecule has 0 bridgehead atoms. The number of rotatable bonds is 8. The lowest BCUT2D eigenvalue weighted by atomic mass is 10.1. The van der Waals surface area contributed by atoms with Crippen molar-refractivity contribution < 1.29 is 4.74 Å². The number of H-pyrrole nitrogens is 2. The van der Waals surface area contributed by atoms with Crippen LogP contribution >= 0.6 is 0 Å². The molecular weight excluding hydrogens is 254 g/mol. The molecule has 0 saturated carbocycles. The lowest BCUT2D eigenvalue weighted by Gasteiger charge is -2.14. The number of hydrogen-bond donors (Lipinski definition) is 3. The predicted molar refractivity (Wildman–Crippen MR) is 81.1 cm³/mol. The van der Waals surface area contributed by atoms with Gasteiger partial charge in [0.2, 0.25) is 0 Å². The van der Waals surface area contributed by atoms with Gasteiger partial charge in [-0.1, -0.05) is 6.07 Å². The normalized spacial score (nSPS) is 12.9. The van der Waals surface area contributed by atoms with Crippen molar-refractivity contribution in [2.75, 3.05) is 20.3 Å². The van der Waals surface area contributed by atoms with Crippen LogP contribution in [0.25, 0.3) is 11.0 Å². The van der Waals surface area contributed by atoms with Gasteiger partial charge in [0.1, 0.15) is 0 Å². The molecule has 1 aromatic heterocycles. The van der Waals surface area contributed by atoms with Gasteiger partial charge in [0.25, 0.3) is 0 Å². The van der Waals surface area contributed by atoms with E-state index in [1.807, 2.05) is 12.1 Å². The van der Waals surface area contributed by atoms with Gasteiger partial charge in [-0.3, -0.25) is 0 Å². The summed E-state index contributed by atoms with van der Waals surface area (Å²) in [6.45, 7) is 3.97. The van der Waals surface area contributed by atoms with Crippen LogP contribution in [0.3, 0.4) is 0 Å². The Labute approximate surface area is 118 Å². The molecule has 0 saturated heterocycles. The second-order valence-electron chi connectivity index (χ2n) is 5.11. The fraction of sp³-hybridized carbons (Fsp3) is 0.533. The van der Waals surface area contributed by atoms with Crippen LogP contribution in [0.4, 0.5) is 0 Å². The molecule has 2 aromatic rings. The van der Waals surface area contributed by atoms with Crippen LogP contribution in [0.2, 0.25) is 0 Å². The van der Waals surface area contributed by atoms with E-state index in [2.05, 4.69) is 28.3 Å². The van der Waals surface area contributed by atoms with Gasteiger partial charge >= 0.3 is 5.69 Å². The highest BCUT2D eigenvalue weighted by Crippen LogP contribution is 2.16. The summed E-state index contributed by atoms with van der Waals surface area (Å²) in [5, 5.41) is 3.50. The van der Waals surface area contributed by atoms with Crippen molar-refractivity contribution in [3.05, 3.63) is 34.2 Å². The zero-order valence-corrected chi connectivity index (χ0v) is 12.2. The molecule has 0 aliphatic rings. The number of aromatic amines is 2. The first-order valence-corrected chi connectivity index (χ1v) is 7.15. The highest BCUT2D eigenvalue weighted by atomic mass is 16.5.